The van der Waals surface area contributed by atoms with E-state index >= 15 is 0 Å². The number of rotatable bonds is 2. The van der Waals surface area contributed by atoms with Crippen molar-refractivity contribution >= 4 is 15.9 Å². The molecule has 0 saturated carbocycles. The van der Waals surface area contributed by atoms with Gasteiger partial charge < -0.3 is 4.74 Å². The smallest absolute Gasteiger partial charge is 0.133 e. The molecule has 0 aliphatic heterocycles. The Morgan fingerprint density at radius 3 is 2.57 bits per heavy atom. The van der Waals surface area contributed by atoms with Gasteiger partial charge in [-0.2, -0.15) is 5.26 Å². The maximum Gasteiger partial charge on any atom is 0.133 e. The monoisotopic (exact) mass is 253 g/mol. The molecule has 74 valence electrons. The zero-order valence-electron chi connectivity index (χ0n) is 8.47. The largest absolute Gasteiger partial charge is 0.496 e. The highest BCUT2D eigenvalue weighted by Gasteiger charge is 2.23. The molecule has 1 aromatic rings. The predicted molar refractivity (Wildman–Crippen MR) is 59.3 cm³/mol. The first-order valence-corrected chi connectivity index (χ1v) is 5.06. The summed E-state index contributed by atoms with van der Waals surface area (Å²) in [7, 11) is 1.61. The second-order valence-electron chi connectivity index (χ2n) is 3.56. The first-order valence-electron chi connectivity index (χ1n) is 4.27. The minimum absolute atomic E-state index is 0.507. The molecule has 14 heavy (non-hydrogen) atoms. The third-order valence-corrected chi connectivity index (χ3v) is 2.95. The lowest BCUT2D eigenvalue weighted by molar-refractivity contribution is 0.410. The van der Waals surface area contributed by atoms with Gasteiger partial charge in [0.15, 0.2) is 0 Å². The number of hydrogen-bond acceptors (Lipinski definition) is 2. The van der Waals surface area contributed by atoms with E-state index in [9.17, 15) is 0 Å². The van der Waals surface area contributed by atoms with Gasteiger partial charge in [-0.1, -0.05) is 12.1 Å². The molecule has 1 aromatic carbocycles. The van der Waals surface area contributed by atoms with Gasteiger partial charge in [0.1, 0.15) is 5.75 Å². The molecule has 0 unspecified atom stereocenters. The molecule has 0 aliphatic carbocycles. The molecule has 0 spiro atoms. The summed E-state index contributed by atoms with van der Waals surface area (Å²) >= 11 is 3.44. The zero-order chi connectivity index (χ0) is 10.8. The molecule has 0 aromatic heterocycles. The summed E-state index contributed by atoms with van der Waals surface area (Å²) in [6, 6.07) is 7.94. The van der Waals surface area contributed by atoms with E-state index in [1.165, 1.54) is 0 Å². The summed E-state index contributed by atoms with van der Waals surface area (Å²) < 4.78 is 6.02. The van der Waals surface area contributed by atoms with E-state index < -0.39 is 5.41 Å². The topological polar surface area (TPSA) is 33.0 Å². The average molecular weight is 254 g/mol. The summed E-state index contributed by atoms with van der Waals surface area (Å²) in [5.41, 5.74) is 0.437. The van der Waals surface area contributed by atoms with Crippen molar-refractivity contribution in [1.82, 2.24) is 0 Å². The molecule has 0 N–H and O–H groups in total. The zero-order valence-corrected chi connectivity index (χ0v) is 10.1. The van der Waals surface area contributed by atoms with Crippen molar-refractivity contribution in [2.75, 3.05) is 7.11 Å². The van der Waals surface area contributed by atoms with Crippen LogP contribution in [0.25, 0.3) is 0 Å². The number of methoxy groups -OCH3 is 1. The van der Waals surface area contributed by atoms with Crippen LogP contribution in [0.2, 0.25) is 0 Å². The number of hydrogen-bond donors (Lipinski definition) is 0. The van der Waals surface area contributed by atoms with E-state index in [1.807, 2.05) is 32.0 Å². The standard InChI is InChI=1S/C11H12BrNO/c1-11(2,7-13)8-5-4-6-9(14-3)10(8)12/h4-6H,1-3H3. The number of ether oxygens (including phenoxy) is 1. The molecule has 0 fully saturated rings. The van der Waals surface area contributed by atoms with Crippen LogP contribution in [0, 0.1) is 11.3 Å². The van der Waals surface area contributed by atoms with E-state index in [2.05, 4.69) is 22.0 Å². The second kappa shape index (κ2) is 4.02. The summed E-state index contributed by atoms with van der Waals surface area (Å²) in [5.74, 6) is 0.755. The molecule has 0 saturated heterocycles. The number of halogens is 1. The lowest BCUT2D eigenvalue weighted by Gasteiger charge is -2.18. The fraction of sp³-hybridized carbons (Fsp3) is 0.364. The third kappa shape index (κ3) is 1.91. The molecule has 0 radical (unpaired) electrons. The minimum atomic E-state index is -0.507. The Morgan fingerprint density at radius 1 is 1.43 bits per heavy atom. The highest BCUT2D eigenvalue weighted by atomic mass is 79.9. The molecule has 0 aliphatic rings. The molecule has 0 amide bonds. The number of nitrogens with zero attached hydrogens (tertiary/aromatic N) is 1. The molecule has 3 heteroatoms. The molecule has 0 atom stereocenters. The van der Waals surface area contributed by atoms with Gasteiger partial charge >= 0.3 is 0 Å². The third-order valence-electron chi connectivity index (χ3n) is 2.14. The van der Waals surface area contributed by atoms with E-state index in [-0.39, 0.29) is 0 Å². The van der Waals surface area contributed by atoms with Crippen LogP contribution >= 0.6 is 15.9 Å². The van der Waals surface area contributed by atoms with Gasteiger partial charge in [-0.25, -0.2) is 0 Å². The molecular formula is C11H12BrNO. The van der Waals surface area contributed by atoms with Crippen molar-refractivity contribution in [3.63, 3.8) is 0 Å². The van der Waals surface area contributed by atoms with Gasteiger partial charge in [0.2, 0.25) is 0 Å². The van der Waals surface area contributed by atoms with E-state index in [1.54, 1.807) is 7.11 Å². The van der Waals surface area contributed by atoms with E-state index in [4.69, 9.17) is 10.00 Å². The van der Waals surface area contributed by atoms with Crippen LogP contribution in [0.1, 0.15) is 19.4 Å². The Kier molecular flexibility index (Phi) is 3.17. The van der Waals surface area contributed by atoms with Crippen molar-refractivity contribution in [1.29, 1.82) is 5.26 Å². The Hall–Kier alpha value is -1.01. The van der Waals surface area contributed by atoms with Crippen LogP contribution in [0.3, 0.4) is 0 Å². The van der Waals surface area contributed by atoms with Crippen LogP contribution in [0.4, 0.5) is 0 Å². The van der Waals surface area contributed by atoms with Crippen LogP contribution in [0.15, 0.2) is 22.7 Å². The van der Waals surface area contributed by atoms with Crippen LogP contribution in [-0.2, 0) is 5.41 Å². The van der Waals surface area contributed by atoms with Gasteiger partial charge in [0.25, 0.3) is 0 Å². The fourth-order valence-electron chi connectivity index (χ4n) is 1.21. The highest BCUT2D eigenvalue weighted by molar-refractivity contribution is 9.10. The predicted octanol–water partition coefficient (Wildman–Crippen LogP) is 3.26. The first-order chi connectivity index (χ1) is 6.53. The number of nitriles is 1. The van der Waals surface area contributed by atoms with Gasteiger partial charge in [-0.05, 0) is 41.4 Å². The SMILES string of the molecule is COc1cccc(C(C)(C)C#N)c1Br. The molecule has 2 nitrogen and oxygen atoms in total. The minimum Gasteiger partial charge on any atom is -0.496 e. The molecule has 0 heterocycles. The van der Waals surface area contributed by atoms with Crippen molar-refractivity contribution in [2.24, 2.45) is 0 Å². The van der Waals surface area contributed by atoms with Crippen molar-refractivity contribution in [2.45, 2.75) is 19.3 Å². The Morgan fingerprint density at radius 2 is 2.07 bits per heavy atom. The Balaban J connectivity index is 3.31. The van der Waals surface area contributed by atoms with Gasteiger partial charge in [-0.15, -0.1) is 0 Å². The molecular weight excluding hydrogens is 242 g/mol. The van der Waals surface area contributed by atoms with Crippen LogP contribution in [0.5, 0.6) is 5.75 Å². The lowest BCUT2D eigenvalue weighted by Crippen LogP contribution is -2.14. The van der Waals surface area contributed by atoms with Crippen molar-refractivity contribution < 1.29 is 4.74 Å². The normalized spacial score (nSPS) is 10.8. The van der Waals surface area contributed by atoms with Gasteiger partial charge in [-0.3, -0.25) is 0 Å². The summed E-state index contributed by atoms with van der Waals surface area (Å²) in [6.45, 7) is 3.76. The first kappa shape index (κ1) is 11.1. The summed E-state index contributed by atoms with van der Waals surface area (Å²) in [6.07, 6.45) is 0. The fourth-order valence-corrected chi connectivity index (χ4v) is 2.13. The van der Waals surface area contributed by atoms with E-state index in [0.717, 1.165) is 15.8 Å². The Bertz CT molecular complexity index is 379. The Labute approximate surface area is 92.6 Å². The van der Waals surface area contributed by atoms with Crippen LogP contribution < -0.4 is 4.74 Å². The van der Waals surface area contributed by atoms with Crippen molar-refractivity contribution in [3.8, 4) is 11.8 Å². The maximum atomic E-state index is 9.02. The van der Waals surface area contributed by atoms with Crippen molar-refractivity contribution in [3.05, 3.63) is 28.2 Å². The lowest BCUT2D eigenvalue weighted by atomic mass is 9.86. The van der Waals surface area contributed by atoms with Gasteiger partial charge in [0, 0.05) is 0 Å². The number of benzene rings is 1. The van der Waals surface area contributed by atoms with Gasteiger partial charge in [0.05, 0.1) is 23.1 Å². The van der Waals surface area contributed by atoms with Crippen LogP contribution in [-0.4, -0.2) is 7.11 Å². The van der Waals surface area contributed by atoms with E-state index in [0.29, 0.717) is 0 Å². The summed E-state index contributed by atoms with van der Waals surface area (Å²) in [4.78, 5) is 0. The second-order valence-corrected chi connectivity index (χ2v) is 4.35. The maximum absolute atomic E-state index is 9.02. The quantitative estimate of drug-likeness (QED) is 0.811. The molecule has 1 rings (SSSR count). The highest BCUT2D eigenvalue weighted by Crippen LogP contribution is 2.35. The molecule has 0 bridgehead atoms. The average Bonchev–Trinajstić information content (AvgIpc) is 2.18. The summed E-state index contributed by atoms with van der Waals surface area (Å²) in [5, 5.41) is 9.02.